The van der Waals surface area contributed by atoms with Crippen molar-refractivity contribution in [1.82, 2.24) is 0 Å². The lowest BCUT2D eigenvalue weighted by Crippen LogP contribution is -2.36. The van der Waals surface area contributed by atoms with Crippen LogP contribution in [0.5, 0.6) is 11.5 Å². The Balaban J connectivity index is 1.12. The van der Waals surface area contributed by atoms with Gasteiger partial charge >= 0.3 is 5.89 Å². The maximum absolute atomic E-state index is 14.1. The number of aliphatic hydroxyl groups excluding tert-OH is 1. The number of oxazole rings is 1. The van der Waals surface area contributed by atoms with Crippen LogP contribution in [0.4, 0.5) is 5.69 Å². The summed E-state index contributed by atoms with van der Waals surface area (Å²) in [6.07, 6.45) is 30.7. The second-order valence-corrected chi connectivity index (χ2v) is 18.6. The van der Waals surface area contributed by atoms with Gasteiger partial charge in [-0.3, -0.25) is 4.79 Å². The number of methoxy groups -OCH3 is 1. The van der Waals surface area contributed by atoms with Gasteiger partial charge in [-0.2, -0.15) is 4.57 Å². The molecule has 340 valence electrons. The minimum Gasteiger partial charge on any atom is -0.506 e. The lowest BCUT2D eigenvalue weighted by molar-refractivity contribution is -0.678. The van der Waals surface area contributed by atoms with E-state index in [2.05, 4.69) is 49.3 Å². The molecule has 2 aliphatic rings. The number of aryl methyl sites for hydroxylation is 1. The summed E-state index contributed by atoms with van der Waals surface area (Å²) < 4.78 is 20.4. The Kier molecular flexibility index (Phi) is 18.4. The average molecular weight is 858 g/mol. The van der Waals surface area contributed by atoms with Gasteiger partial charge in [0.05, 0.1) is 24.3 Å². The molecule has 1 aromatic heterocycles. The summed E-state index contributed by atoms with van der Waals surface area (Å²) in [6, 6.07) is 22.3. The van der Waals surface area contributed by atoms with Crippen molar-refractivity contribution in [3.63, 3.8) is 0 Å². The normalized spacial score (nSPS) is 15.8. The first-order chi connectivity index (χ1) is 30.8. The van der Waals surface area contributed by atoms with E-state index in [1.165, 1.54) is 121 Å². The molecule has 0 saturated heterocycles. The largest absolute Gasteiger partial charge is 0.506 e. The standard InChI is InChI=1S/C56H76N2O5/c1-6-8-10-12-13-14-15-16-17-18-19-20-21-22-24-28-36-57-49-34-32-44(61-5)38-48(49)56(3,4)52(57)40-46-54(59)47(55(46)60)41-53-58(37-29-23-11-9-7-2)50-35-33-45(39-51(50)63-53)62-42-43-30-26-25-27-31-43/h25-27,30-35,38-41H,6-24,28-29,36-37,42H2,1-5H3/p+1. The van der Waals surface area contributed by atoms with Crippen LogP contribution in [-0.2, 0) is 23.4 Å². The number of unbranched alkanes of at least 4 members (excludes halogenated alkanes) is 19. The van der Waals surface area contributed by atoms with Crippen LogP contribution >= 0.6 is 0 Å². The predicted octanol–water partition coefficient (Wildman–Crippen LogP) is 15.0. The molecule has 0 saturated carbocycles. The lowest BCUT2D eigenvalue weighted by atomic mass is 9.80. The molecule has 3 aromatic carbocycles. The highest BCUT2D eigenvalue weighted by atomic mass is 16.5. The zero-order valence-electron chi connectivity index (χ0n) is 39.5. The number of carbonyl (C=O) groups excluding carboxylic acids is 1. The van der Waals surface area contributed by atoms with Crippen LogP contribution < -0.4 is 18.9 Å². The maximum atomic E-state index is 14.1. The monoisotopic (exact) mass is 858 g/mol. The fraction of sp³-hybridized carbons (Fsp3) is 0.536. The second kappa shape index (κ2) is 24.3. The average Bonchev–Trinajstić information content (AvgIpc) is 3.75. The summed E-state index contributed by atoms with van der Waals surface area (Å²) in [6.45, 7) is 11.0. The number of fused-ring (bicyclic) bond motifs is 2. The summed E-state index contributed by atoms with van der Waals surface area (Å²) in [5, 5.41) is 11.6. The molecule has 0 unspecified atom stereocenters. The first-order valence-electron chi connectivity index (χ1n) is 24.8. The van der Waals surface area contributed by atoms with E-state index in [1.54, 1.807) is 13.2 Å². The number of hydrogen-bond acceptors (Lipinski definition) is 6. The molecule has 0 radical (unpaired) electrons. The molecule has 7 nitrogen and oxygen atoms in total. The second-order valence-electron chi connectivity index (χ2n) is 18.6. The summed E-state index contributed by atoms with van der Waals surface area (Å²) in [4.78, 5) is 16.4. The molecule has 6 rings (SSSR count). The number of benzene rings is 3. The summed E-state index contributed by atoms with van der Waals surface area (Å²) in [5.74, 6) is 1.92. The van der Waals surface area contributed by atoms with E-state index in [0.717, 1.165) is 60.6 Å². The van der Waals surface area contributed by atoms with Gasteiger partial charge in [0.25, 0.3) is 5.52 Å². The minimum absolute atomic E-state index is 0.0148. The molecule has 1 N–H and O–H groups in total. The van der Waals surface area contributed by atoms with E-state index >= 15 is 0 Å². The molecule has 4 aromatic rings. The van der Waals surface area contributed by atoms with Crippen molar-refractivity contribution >= 4 is 28.6 Å². The number of aromatic nitrogens is 1. The number of allylic oxidation sites excluding steroid dienone is 4. The van der Waals surface area contributed by atoms with Crippen molar-refractivity contribution in [2.75, 3.05) is 18.6 Å². The number of aliphatic hydroxyl groups is 1. The number of ether oxygens (including phenoxy) is 2. The van der Waals surface area contributed by atoms with E-state index in [0.29, 0.717) is 29.4 Å². The first-order valence-corrected chi connectivity index (χ1v) is 24.8. The van der Waals surface area contributed by atoms with Crippen molar-refractivity contribution in [1.29, 1.82) is 0 Å². The van der Waals surface area contributed by atoms with Crippen molar-refractivity contribution in [2.24, 2.45) is 0 Å². The molecule has 0 bridgehead atoms. The third kappa shape index (κ3) is 12.7. The Labute approximate surface area is 379 Å². The third-order valence-corrected chi connectivity index (χ3v) is 13.3. The number of hydrogen-bond donors (Lipinski definition) is 1. The smallest absolute Gasteiger partial charge is 0.374 e. The molecule has 7 heteroatoms. The zero-order chi connectivity index (χ0) is 44.4. The number of carbonyl (C=O) groups is 1. The van der Waals surface area contributed by atoms with Crippen LogP contribution in [0.3, 0.4) is 0 Å². The molecule has 0 spiro atoms. The van der Waals surface area contributed by atoms with Gasteiger partial charge in [0.15, 0.2) is 6.54 Å². The minimum atomic E-state index is -0.397. The SMILES string of the molecule is CCCCCCCCCCCCCCCCCCN1C(=CC2=C(O)C(=Cc3oc4cc(OCc5ccccc5)ccc4[n+]3CCCCCCC)C2=O)C(C)(C)c2cc(OC)ccc21. The fourth-order valence-corrected chi connectivity index (χ4v) is 9.40. The number of anilines is 1. The number of ketones is 1. The highest BCUT2D eigenvalue weighted by Gasteiger charge is 2.43. The van der Waals surface area contributed by atoms with Gasteiger partial charge in [-0.05, 0) is 54.3 Å². The molecule has 0 amide bonds. The van der Waals surface area contributed by atoms with Crippen LogP contribution in [0.2, 0.25) is 0 Å². The number of nitrogens with zero attached hydrogens (tertiary/aromatic N) is 2. The van der Waals surface area contributed by atoms with Gasteiger partial charge in [0, 0.05) is 41.9 Å². The third-order valence-electron chi connectivity index (χ3n) is 13.3. The molecule has 63 heavy (non-hydrogen) atoms. The summed E-state index contributed by atoms with van der Waals surface area (Å²) >= 11 is 0. The van der Waals surface area contributed by atoms with E-state index in [1.807, 2.05) is 60.7 Å². The van der Waals surface area contributed by atoms with Gasteiger partial charge in [-0.1, -0.05) is 174 Å². The molecular weight excluding hydrogens is 781 g/mol. The topological polar surface area (TPSA) is 76.0 Å². The zero-order valence-corrected chi connectivity index (χ0v) is 39.5. The quantitative estimate of drug-likeness (QED) is 0.0333. The Morgan fingerprint density at radius 3 is 1.89 bits per heavy atom. The highest BCUT2D eigenvalue weighted by Crippen LogP contribution is 2.50. The van der Waals surface area contributed by atoms with Crippen LogP contribution in [-0.4, -0.2) is 24.5 Å². The molecule has 1 aliphatic heterocycles. The van der Waals surface area contributed by atoms with Crippen molar-refractivity contribution in [3.8, 4) is 11.5 Å². The van der Waals surface area contributed by atoms with Gasteiger partial charge in [-0.25, -0.2) is 0 Å². The van der Waals surface area contributed by atoms with E-state index in [9.17, 15) is 9.90 Å². The molecular formula is C56H77N2O5+. The maximum Gasteiger partial charge on any atom is 0.374 e. The number of Topliss-reactive ketones (excluding diaryl/α,β-unsaturated/α-hetero) is 1. The Bertz CT molecular complexity index is 2160. The van der Waals surface area contributed by atoms with Gasteiger partial charge in [-0.15, -0.1) is 0 Å². The molecule has 2 heterocycles. The molecule has 0 fully saturated rings. The van der Waals surface area contributed by atoms with Gasteiger partial charge in [0.1, 0.15) is 23.9 Å². The highest BCUT2D eigenvalue weighted by molar-refractivity contribution is 6.23. The Morgan fingerprint density at radius 1 is 0.698 bits per heavy atom. The number of rotatable bonds is 29. The van der Waals surface area contributed by atoms with Crippen molar-refractivity contribution in [3.05, 3.63) is 112 Å². The fourth-order valence-electron chi connectivity index (χ4n) is 9.40. The first kappa shape index (κ1) is 47.7. The molecule has 0 atom stereocenters. The van der Waals surface area contributed by atoms with Crippen molar-refractivity contribution in [2.45, 2.75) is 181 Å². The van der Waals surface area contributed by atoms with Gasteiger partial charge in [0.2, 0.25) is 11.4 Å². The van der Waals surface area contributed by atoms with E-state index in [-0.39, 0.29) is 17.1 Å². The van der Waals surface area contributed by atoms with E-state index < -0.39 is 5.41 Å². The Morgan fingerprint density at radius 2 is 1.29 bits per heavy atom. The van der Waals surface area contributed by atoms with Crippen LogP contribution in [0.1, 0.15) is 180 Å². The predicted molar refractivity (Wildman–Crippen MR) is 260 cm³/mol. The summed E-state index contributed by atoms with van der Waals surface area (Å²) in [7, 11) is 1.70. The summed E-state index contributed by atoms with van der Waals surface area (Å²) in [5.41, 5.74) is 6.28. The van der Waals surface area contributed by atoms with Gasteiger partial charge < -0.3 is 23.9 Å². The van der Waals surface area contributed by atoms with Crippen molar-refractivity contribution < 1.29 is 28.4 Å². The Hall–Kier alpha value is -4.78. The van der Waals surface area contributed by atoms with Crippen LogP contribution in [0, 0.1) is 0 Å². The molecule has 1 aliphatic carbocycles. The van der Waals surface area contributed by atoms with Crippen LogP contribution in [0.15, 0.2) is 99.8 Å². The van der Waals surface area contributed by atoms with Crippen LogP contribution in [0.25, 0.3) is 17.2 Å². The van der Waals surface area contributed by atoms with E-state index in [4.69, 9.17) is 13.9 Å². The lowest BCUT2D eigenvalue weighted by Gasteiger charge is -2.29.